The molecule has 4 rings (SSSR count). The third-order valence-electron chi connectivity index (χ3n) is 5.04. The Balaban J connectivity index is 1.61. The van der Waals surface area contributed by atoms with Crippen LogP contribution in [0.15, 0.2) is 36.7 Å². The molecule has 1 saturated heterocycles. The molecule has 5 nitrogen and oxygen atoms in total. The van der Waals surface area contributed by atoms with E-state index in [4.69, 9.17) is 0 Å². The minimum absolute atomic E-state index is 0.0862. The summed E-state index contributed by atoms with van der Waals surface area (Å²) in [7, 11) is 0. The van der Waals surface area contributed by atoms with Gasteiger partial charge in [-0.2, -0.15) is 0 Å². The number of hydrogen-bond donors (Lipinski definition) is 1. The topological polar surface area (TPSA) is 53.9 Å². The van der Waals surface area contributed by atoms with Gasteiger partial charge in [-0.3, -0.25) is 4.98 Å². The highest BCUT2D eigenvalue weighted by atomic mass is 19.1. The van der Waals surface area contributed by atoms with Gasteiger partial charge in [-0.25, -0.2) is 18.7 Å². The van der Waals surface area contributed by atoms with Crippen LogP contribution in [0.5, 0.6) is 0 Å². The predicted molar refractivity (Wildman–Crippen MR) is 101 cm³/mol. The van der Waals surface area contributed by atoms with Gasteiger partial charge in [-0.1, -0.05) is 13.0 Å². The maximum absolute atomic E-state index is 14.4. The first-order chi connectivity index (χ1) is 13.1. The Morgan fingerprint density at radius 2 is 1.96 bits per heavy atom. The average Bonchev–Trinajstić information content (AvgIpc) is 2.70. The van der Waals surface area contributed by atoms with Crippen molar-refractivity contribution >= 4 is 16.9 Å². The van der Waals surface area contributed by atoms with E-state index in [-0.39, 0.29) is 17.3 Å². The van der Waals surface area contributed by atoms with Crippen molar-refractivity contribution in [3.63, 3.8) is 0 Å². The van der Waals surface area contributed by atoms with Gasteiger partial charge in [0.1, 0.15) is 17.0 Å². The third-order valence-corrected chi connectivity index (χ3v) is 5.04. The van der Waals surface area contributed by atoms with Crippen LogP contribution in [0.2, 0.25) is 0 Å². The molecule has 0 atom stereocenters. The summed E-state index contributed by atoms with van der Waals surface area (Å²) in [5.74, 6) is -0.709. The van der Waals surface area contributed by atoms with E-state index in [1.54, 1.807) is 18.2 Å². The van der Waals surface area contributed by atoms with Crippen LogP contribution >= 0.6 is 0 Å². The van der Waals surface area contributed by atoms with Crippen molar-refractivity contribution < 1.29 is 8.78 Å². The minimum Gasteiger partial charge on any atom is -0.351 e. The second-order valence-corrected chi connectivity index (χ2v) is 6.78. The Morgan fingerprint density at radius 1 is 1.15 bits per heavy atom. The van der Waals surface area contributed by atoms with E-state index in [0.717, 1.165) is 38.7 Å². The number of halogens is 2. The molecule has 0 amide bonds. The molecule has 3 aromatic rings. The van der Waals surface area contributed by atoms with Gasteiger partial charge in [-0.15, -0.1) is 0 Å². The largest absolute Gasteiger partial charge is 0.351 e. The maximum atomic E-state index is 14.4. The van der Waals surface area contributed by atoms with Crippen LogP contribution in [-0.2, 0) is 0 Å². The molecule has 0 saturated carbocycles. The van der Waals surface area contributed by atoms with Crippen LogP contribution in [0.3, 0.4) is 0 Å². The fourth-order valence-electron chi connectivity index (χ4n) is 3.50. The van der Waals surface area contributed by atoms with E-state index in [0.29, 0.717) is 16.9 Å². The third kappa shape index (κ3) is 3.73. The summed E-state index contributed by atoms with van der Waals surface area (Å²) >= 11 is 0. The molecule has 0 unspecified atom stereocenters. The zero-order valence-corrected chi connectivity index (χ0v) is 15.1. The van der Waals surface area contributed by atoms with E-state index < -0.39 is 11.6 Å². The fraction of sp³-hybridized carbons (Fsp3) is 0.350. The highest BCUT2D eigenvalue weighted by Gasteiger charge is 2.20. The number of piperidine rings is 1. The molecule has 1 fully saturated rings. The second-order valence-electron chi connectivity index (χ2n) is 6.78. The van der Waals surface area contributed by atoms with Gasteiger partial charge >= 0.3 is 0 Å². The summed E-state index contributed by atoms with van der Waals surface area (Å²) in [6, 6.07) is 6.68. The lowest BCUT2D eigenvalue weighted by atomic mass is 10.1. The Hall–Kier alpha value is -2.67. The number of hydrogen-bond acceptors (Lipinski definition) is 5. The molecule has 1 N–H and O–H groups in total. The number of aromatic nitrogens is 3. The molecule has 3 heterocycles. The first kappa shape index (κ1) is 17.7. The van der Waals surface area contributed by atoms with E-state index in [2.05, 4.69) is 32.1 Å². The summed E-state index contributed by atoms with van der Waals surface area (Å²) in [4.78, 5) is 14.8. The van der Waals surface area contributed by atoms with Crippen LogP contribution in [-0.4, -0.2) is 45.5 Å². The molecule has 140 valence electrons. The van der Waals surface area contributed by atoms with Crippen molar-refractivity contribution in [1.82, 2.24) is 19.9 Å². The summed E-state index contributed by atoms with van der Waals surface area (Å²) in [5, 5.41) is 3.90. The second kappa shape index (κ2) is 7.52. The summed E-state index contributed by atoms with van der Waals surface area (Å²) in [6.45, 7) is 5.24. The van der Waals surface area contributed by atoms with E-state index >= 15 is 0 Å². The molecule has 0 spiro atoms. The number of pyridine rings is 1. The monoisotopic (exact) mass is 369 g/mol. The number of benzene rings is 1. The van der Waals surface area contributed by atoms with Gasteiger partial charge in [0.05, 0.1) is 6.20 Å². The van der Waals surface area contributed by atoms with Crippen molar-refractivity contribution in [2.24, 2.45) is 0 Å². The highest BCUT2D eigenvalue weighted by molar-refractivity contribution is 5.84. The van der Waals surface area contributed by atoms with Gasteiger partial charge < -0.3 is 10.2 Å². The number of likely N-dealkylation sites (tertiary alicyclic amines) is 1. The van der Waals surface area contributed by atoms with E-state index in [9.17, 15) is 8.78 Å². The molecule has 1 aliphatic rings. The molecule has 1 aromatic carbocycles. The van der Waals surface area contributed by atoms with Crippen molar-refractivity contribution in [2.45, 2.75) is 25.8 Å². The number of anilines is 1. The Morgan fingerprint density at radius 3 is 2.74 bits per heavy atom. The van der Waals surface area contributed by atoms with Crippen molar-refractivity contribution in [3.05, 3.63) is 48.3 Å². The standard InChI is InChI=1S/C20H21F2N5/c1-2-27-8-5-15(6-9-27)25-20-24-12-17(22)19(26-20)14-10-13-4-3-7-23-18(13)16(21)11-14/h3-4,7,10-12,15H,2,5-6,8-9H2,1H3,(H,24,25,26). The van der Waals surface area contributed by atoms with Crippen molar-refractivity contribution in [1.29, 1.82) is 0 Å². The molecule has 0 radical (unpaired) electrons. The number of rotatable bonds is 4. The summed E-state index contributed by atoms with van der Waals surface area (Å²) in [6.07, 6.45) is 4.64. The normalized spacial score (nSPS) is 16.0. The van der Waals surface area contributed by atoms with Crippen LogP contribution in [0.4, 0.5) is 14.7 Å². The van der Waals surface area contributed by atoms with Gasteiger partial charge in [-0.05, 0) is 37.6 Å². The first-order valence-electron chi connectivity index (χ1n) is 9.20. The number of nitrogens with zero attached hydrogens (tertiary/aromatic N) is 4. The maximum Gasteiger partial charge on any atom is 0.223 e. The fourth-order valence-corrected chi connectivity index (χ4v) is 3.50. The smallest absolute Gasteiger partial charge is 0.223 e. The lowest BCUT2D eigenvalue weighted by Gasteiger charge is -2.31. The molecule has 7 heteroatoms. The Kier molecular flexibility index (Phi) is 4.94. The van der Waals surface area contributed by atoms with E-state index in [1.165, 1.54) is 12.3 Å². The highest BCUT2D eigenvalue weighted by Crippen LogP contribution is 2.27. The Bertz CT molecular complexity index is 954. The van der Waals surface area contributed by atoms with Crippen molar-refractivity contribution in [2.75, 3.05) is 25.0 Å². The molecular weight excluding hydrogens is 348 g/mol. The zero-order chi connectivity index (χ0) is 18.8. The first-order valence-corrected chi connectivity index (χ1v) is 9.20. The Labute approximate surface area is 156 Å². The zero-order valence-electron chi connectivity index (χ0n) is 15.1. The SMILES string of the molecule is CCN1CCC(Nc2ncc(F)c(-c3cc(F)c4ncccc4c3)n2)CC1. The summed E-state index contributed by atoms with van der Waals surface area (Å²) < 4.78 is 28.7. The molecule has 27 heavy (non-hydrogen) atoms. The molecular formula is C20H21F2N5. The molecule has 2 aromatic heterocycles. The molecule has 0 bridgehead atoms. The minimum atomic E-state index is -0.580. The number of fused-ring (bicyclic) bond motifs is 1. The van der Waals surface area contributed by atoms with Crippen molar-refractivity contribution in [3.8, 4) is 11.3 Å². The number of nitrogens with one attached hydrogen (secondary N) is 1. The quantitative estimate of drug-likeness (QED) is 0.757. The summed E-state index contributed by atoms with van der Waals surface area (Å²) in [5.41, 5.74) is 0.719. The van der Waals surface area contributed by atoms with E-state index in [1.807, 2.05) is 0 Å². The van der Waals surface area contributed by atoms with Gasteiger partial charge in [0.2, 0.25) is 5.95 Å². The lowest BCUT2D eigenvalue weighted by Crippen LogP contribution is -2.39. The van der Waals surface area contributed by atoms with Crippen LogP contribution < -0.4 is 5.32 Å². The predicted octanol–water partition coefficient (Wildman–Crippen LogP) is 3.87. The van der Waals surface area contributed by atoms with Gasteiger partial charge in [0, 0.05) is 36.3 Å². The lowest BCUT2D eigenvalue weighted by molar-refractivity contribution is 0.229. The van der Waals surface area contributed by atoms with Gasteiger partial charge in [0.25, 0.3) is 0 Å². The van der Waals surface area contributed by atoms with Gasteiger partial charge in [0.15, 0.2) is 5.82 Å². The average molecular weight is 369 g/mol. The molecule has 0 aliphatic carbocycles. The van der Waals surface area contributed by atoms with Crippen LogP contribution in [0, 0.1) is 11.6 Å². The van der Waals surface area contributed by atoms with Crippen LogP contribution in [0.25, 0.3) is 22.2 Å². The molecule has 1 aliphatic heterocycles. The van der Waals surface area contributed by atoms with Crippen LogP contribution in [0.1, 0.15) is 19.8 Å².